The van der Waals surface area contributed by atoms with Crippen molar-refractivity contribution in [3.63, 3.8) is 0 Å². The van der Waals surface area contributed by atoms with Crippen molar-refractivity contribution in [2.75, 3.05) is 23.7 Å². The van der Waals surface area contributed by atoms with E-state index in [2.05, 4.69) is 5.32 Å². The standard InChI is InChI=1S/C23H22Cl2N2O3S2/c1-27(32(29,30)22-11-7-19(24)8-12-22)21-9-5-18(6-10-21)23(28)26-13-14-31-16-17-3-2-4-20(25)15-17/h2-12,15H,13-14,16H2,1H3,(H,26,28). The second-order valence-electron chi connectivity index (χ2n) is 6.91. The van der Waals surface area contributed by atoms with Gasteiger partial charge in [0, 0.05) is 40.7 Å². The summed E-state index contributed by atoms with van der Waals surface area (Å²) < 4.78 is 26.7. The number of carbonyl (C=O) groups is 1. The summed E-state index contributed by atoms with van der Waals surface area (Å²) in [6, 6.07) is 20.1. The lowest BCUT2D eigenvalue weighted by Gasteiger charge is -2.19. The van der Waals surface area contributed by atoms with Gasteiger partial charge in [-0.3, -0.25) is 9.10 Å². The van der Waals surface area contributed by atoms with Crippen molar-refractivity contribution < 1.29 is 13.2 Å². The molecular formula is C23H22Cl2N2O3S2. The van der Waals surface area contributed by atoms with E-state index in [1.165, 1.54) is 35.6 Å². The topological polar surface area (TPSA) is 66.5 Å². The molecule has 168 valence electrons. The number of benzene rings is 3. The first kappa shape index (κ1) is 24.5. The molecule has 0 atom stereocenters. The molecule has 0 aliphatic carbocycles. The Morgan fingerprint density at radius 2 is 1.66 bits per heavy atom. The summed E-state index contributed by atoms with van der Waals surface area (Å²) in [5.74, 6) is 1.38. The molecule has 3 rings (SSSR count). The Morgan fingerprint density at radius 1 is 0.969 bits per heavy atom. The van der Waals surface area contributed by atoms with Crippen LogP contribution >= 0.6 is 35.0 Å². The van der Waals surface area contributed by atoms with Gasteiger partial charge in [0.15, 0.2) is 0 Å². The minimum atomic E-state index is -3.72. The summed E-state index contributed by atoms with van der Waals surface area (Å²) in [6.07, 6.45) is 0. The van der Waals surface area contributed by atoms with Crippen molar-refractivity contribution >= 4 is 56.6 Å². The summed E-state index contributed by atoms with van der Waals surface area (Å²) in [5, 5.41) is 4.05. The fraction of sp³-hybridized carbons (Fsp3) is 0.174. The van der Waals surface area contributed by atoms with Gasteiger partial charge in [0.2, 0.25) is 0 Å². The zero-order valence-corrected chi connectivity index (χ0v) is 20.4. The Morgan fingerprint density at radius 3 is 2.31 bits per heavy atom. The maximum Gasteiger partial charge on any atom is 0.264 e. The number of hydrogen-bond donors (Lipinski definition) is 1. The predicted molar refractivity (Wildman–Crippen MR) is 133 cm³/mol. The van der Waals surface area contributed by atoms with Crippen LogP contribution in [0.2, 0.25) is 10.0 Å². The summed E-state index contributed by atoms with van der Waals surface area (Å²) in [5.41, 5.74) is 2.06. The Balaban J connectivity index is 1.52. The van der Waals surface area contributed by atoms with Gasteiger partial charge in [-0.25, -0.2) is 8.42 Å². The molecule has 9 heteroatoms. The first-order valence-corrected chi connectivity index (χ1v) is 13.1. The molecule has 32 heavy (non-hydrogen) atoms. The number of carbonyl (C=O) groups excluding carboxylic acids is 1. The van der Waals surface area contributed by atoms with E-state index in [0.29, 0.717) is 27.8 Å². The number of nitrogens with one attached hydrogen (secondary N) is 1. The summed E-state index contributed by atoms with van der Waals surface area (Å²) in [4.78, 5) is 12.5. The minimum Gasteiger partial charge on any atom is -0.351 e. The lowest BCUT2D eigenvalue weighted by atomic mass is 10.2. The molecule has 5 nitrogen and oxygen atoms in total. The fourth-order valence-corrected chi connectivity index (χ4v) is 5.22. The first-order chi connectivity index (χ1) is 15.3. The van der Waals surface area contributed by atoms with Gasteiger partial charge in [-0.1, -0.05) is 35.3 Å². The van der Waals surface area contributed by atoms with Crippen molar-refractivity contribution in [2.24, 2.45) is 0 Å². The SMILES string of the molecule is CN(c1ccc(C(=O)NCCSCc2cccc(Cl)c2)cc1)S(=O)(=O)c1ccc(Cl)cc1. The van der Waals surface area contributed by atoms with Gasteiger partial charge in [0.05, 0.1) is 10.6 Å². The van der Waals surface area contributed by atoms with E-state index in [9.17, 15) is 13.2 Å². The average molecular weight is 509 g/mol. The highest BCUT2D eigenvalue weighted by atomic mass is 35.5. The number of nitrogens with zero attached hydrogens (tertiary/aromatic N) is 1. The third-order valence-corrected chi connectivity index (χ3v) is 7.97. The van der Waals surface area contributed by atoms with Gasteiger partial charge < -0.3 is 5.32 Å². The summed E-state index contributed by atoms with van der Waals surface area (Å²) in [6.45, 7) is 0.524. The van der Waals surface area contributed by atoms with Gasteiger partial charge in [-0.05, 0) is 66.2 Å². The van der Waals surface area contributed by atoms with Gasteiger partial charge in [-0.2, -0.15) is 11.8 Å². The Bertz CT molecular complexity index is 1170. The van der Waals surface area contributed by atoms with Gasteiger partial charge >= 0.3 is 0 Å². The van der Waals surface area contributed by atoms with E-state index in [1.807, 2.05) is 24.3 Å². The van der Waals surface area contributed by atoms with Crippen LogP contribution in [-0.2, 0) is 15.8 Å². The van der Waals surface area contributed by atoms with Crippen LogP contribution in [0.5, 0.6) is 0 Å². The number of anilines is 1. The van der Waals surface area contributed by atoms with Crippen molar-refractivity contribution in [2.45, 2.75) is 10.6 Å². The van der Waals surface area contributed by atoms with Crippen LogP contribution in [0.1, 0.15) is 15.9 Å². The quantitative estimate of drug-likeness (QED) is 0.388. The average Bonchev–Trinajstić information content (AvgIpc) is 2.78. The minimum absolute atomic E-state index is 0.140. The van der Waals surface area contributed by atoms with E-state index in [0.717, 1.165) is 17.1 Å². The molecule has 0 spiro atoms. The van der Waals surface area contributed by atoms with Gasteiger partial charge in [-0.15, -0.1) is 0 Å². The number of thioether (sulfide) groups is 1. The zero-order chi connectivity index (χ0) is 23.1. The van der Waals surface area contributed by atoms with Crippen LogP contribution in [0.4, 0.5) is 5.69 Å². The van der Waals surface area contributed by atoms with E-state index < -0.39 is 10.0 Å². The van der Waals surface area contributed by atoms with Crippen LogP contribution < -0.4 is 9.62 Å². The van der Waals surface area contributed by atoms with Crippen LogP contribution in [0.15, 0.2) is 77.7 Å². The number of amides is 1. The van der Waals surface area contributed by atoms with Crippen LogP contribution in [0, 0.1) is 0 Å². The Labute approximate surface area is 202 Å². The maximum absolute atomic E-state index is 12.8. The highest BCUT2D eigenvalue weighted by Gasteiger charge is 2.21. The van der Waals surface area contributed by atoms with Crippen molar-refractivity contribution in [1.29, 1.82) is 0 Å². The van der Waals surface area contributed by atoms with Gasteiger partial charge in [0.1, 0.15) is 0 Å². The normalized spacial score (nSPS) is 11.2. The molecule has 0 saturated carbocycles. The molecule has 0 unspecified atom stereocenters. The first-order valence-electron chi connectivity index (χ1n) is 9.72. The lowest BCUT2D eigenvalue weighted by molar-refractivity contribution is 0.0956. The molecule has 3 aromatic carbocycles. The molecule has 0 radical (unpaired) electrons. The molecule has 1 amide bonds. The van der Waals surface area contributed by atoms with Crippen molar-refractivity contribution in [3.8, 4) is 0 Å². The van der Waals surface area contributed by atoms with Crippen LogP contribution in [0.3, 0.4) is 0 Å². The molecule has 0 aliphatic rings. The number of sulfonamides is 1. The molecule has 0 aromatic heterocycles. The van der Waals surface area contributed by atoms with Crippen molar-refractivity contribution in [1.82, 2.24) is 5.32 Å². The van der Waals surface area contributed by atoms with Crippen molar-refractivity contribution in [3.05, 3.63) is 94.0 Å². The number of rotatable bonds is 9. The third-order valence-electron chi connectivity index (χ3n) is 4.65. The van der Waals surface area contributed by atoms with E-state index in [4.69, 9.17) is 23.2 Å². The fourth-order valence-electron chi connectivity index (χ4n) is 2.88. The Kier molecular flexibility index (Phi) is 8.48. The molecule has 0 saturated heterocycles. The van der Waals surface area contributed by atoms with E-state index >= 15 is 0 Å². The van der Waals surface area contributed by atoms with E-state index in [1.54, 1.807) is 36.0 Å². The second kappa shape index (κ2) is 11.1. The number of hydrogen-bond acceptors (Lipinski definition) is 4. The molecule has 0 aliphatic heterocycles. The molecular weight excluding hydrogens is 487 g/mol. The summed E-state index contributed by atoms with van der Waals surface area (Å²) >= 11 is 13.5. The predicted octanol–water partition coefficient (Wildman–Crippen LogP) is 5.48. The van der Waals surface area contributed by atoms with Crippen LogP contribution in [0.25, 0.3) is 0 Å². The molecule has 0 heterocycles. The Hall–Kier alpha value is -2.19. The lowest BCUT2D eigenvalue weighted by Crippen LogP contribution is -2.27. The highest BCUT2D eigenvalue weighted by Crippen LogP contribution is 2.23. The third kappa shape index (κ3) is 6.42. The second-order valence-corrected chi connectivity index (χ2v) is 10.9. The monoisotopic (exact) mass is 508 g/mol. The number of halogens is 2. The largest absolute Gasteiger partial charge is 0.351 e. The summed E-state index contributed by atoms with van der Waals surface area (Å²) in [7, 11) is -2.26. The molecule has 0 bridgehead atoms. The zero-order valence-electron chi connectivity index (χ0n) is 17.3. The highest BCUT2D eigenvalue weighted by molar-refractivity contribution is 7.98. The van der Waals surface area contributed by atoms with E-state index in [-0.39, 0.29) is 10.8 Å². The van der Waals surface area contributed by atoms with Crippen LogP contribution in [-0.4, -0.2) is 33.7 Å². The smallest absolute Gasteiger partial charge is 0.264 e. The molecule has 3 aromatic rings. The molecule has 1 N–H and O–H groups in total. The molecule has 0 fully saturated rings. The van der Waals surface area contributed by atoms with Gasteiger partial charge in [0.25, 0.3) is 15.9 Å². The maximum atomic E-state index is 12.8.